The molecule has 1 N–H and O–H groups in total. The summed E-state index contributed by atoms with van der Waals surface area (Å²) in [5, 5.41) is 6.26. The number of hydrogen-bond donors (Lipinski definition) is 1. The van der Waals surface area contributed by atoms with Crippen molar-refractivity contribution < 1.29 is 4.79 Å². The first-order valence-electron chi connectivity index (χ1n) is 8.75. The molecule has 0 aliphatic heterocycles. The highest BCUT2D eigenvalue weighted by atomic mass is 32.1. The van der Waals surface area contributed by atoms with Gasteiger partial charge in [0.1, 0.15) is 0 Å². The van der Waals surface area contributed by atoms with Gasteiger partial charge in [-0.15, -0.1) is 11.3 Å². The Bertz CT molecular complexity index is 939. The van der Waals surface area contributed by atoms with Crippen molar-refractivity contribution in [2.75, 3.05) is 0 Å². The van der Waals surface area contributed by atoms with E-state index in [1.165, 1.54) is 16.9 Å². The van der Waals surface area contributed by atoms with E-state index in [0.29, 0.717) is 0 Å². The van der Waals surface area contributed by atoms with Gasteiger partial charge in [-0.1, -0.05) is 12.1 Å². The number of fused-ring (bicyclic) bond motifs is 1. The molecule has 6 heteroatoms. The predicted octanol–water partition coefficient (Wildman–Crippen LogP) is 3.97. The molecule has 3 aromatic rings. The van der Waals surface area contributed by atoms with E-state index in [9.17, 15) is 4.79 Å². The Hall–Kier alpha value is -2.73. The van der Waals surface area contributed by atoms with Crippen LogP contribution in [0.3, 0.4) is 0 Å². The molecule has 4 rings (SSSR count). The Labute approximate surface area is 156 Å². The molecule has 1 aliphatic rings. The fraction of sp³-hybridized carbons (Fsp3) is 0.250. The Morgan fingerprint density at radius 3 is 2.81 bits per heavy atom. The third-order valence-electron chi connectivity index (χ3n) is 4.72. The number of imidazole rings is 1. The molecule has 2 aromatic heterocycles. The number of amides is 1. The summed E-state index contributed by atoms with van der Waals surface area (Å²) in [4.78, 5) is 17.9. The maximum absolute atomic E-state index is 12.5. The van der Waals surface area contributed by atoms with Crippen LogP contribution in [0, 0.1) is 0 Å². The van der Waals surface area contributed by atoms with Crippen LogP contribution in [0.4, 0.5) is 0 Å². The minimum Gasteiger partial charge on any atom is -0.306 e. The van der Waals surface area contributed by atoms with Gasteiger partial charge in [0, 0.05) is 28.3 Å². The van der Waals surface area contributed by atoms with E-state index in [-0.39, 0.29) is 5.91 Å². The molecule has 1 aromatic carbocycles. The molecule has 2 heterocycles. The molecule has 0 saturated carbocycles. The zero-order valence-electron chi connectivity index (χ0n) is 14.6. The normalized spacial score (nSPS) is 14.1. The topological polar surface area (TPSA) is 59.3 Å². The van der Waals surface area contributed by atoms with Crippen LogP contribution < -0.4 is 5.43 Å². The first kappa shape index (κ1) is 16.7. The molecule has 0 atom stereocenters. The number of nitrogens with one attached hydrogen (secondary N) is 1. The van der Waals surface area contributed by atoms with Crippen molar-refractivity contribution >= 4 is 23.0 Å². The number of hydrogen-bond acceptors (Lipinski definition) is 4. The standard InChI is InChI=1S/C20H20N4OS/c1-14(15-6-8-16(9-7-15)24-11-10-21-13-24)22-23-20(25)18-12-26-19-5-3-2-4-17(18)19/h6-13H,2-5H2,1H3,(H,23,25). The molecular formula is C20H20N4OS. The number of aromatic nitrogens is 2. The van der Waals surface area contributed by atoms with Crippen LogP contribution in [-0.4, -0.2) is 21.2 Å². The van der Waals surface area contributed by atoms with E-state index in [0.717, 1.165) is 41.8 Å². The van der Waals surface area contributed by atoms with E-state index < -0.39 is 0 Å². The fourth-order valence-electron chi connectivity index (χ4n) is 3.23. The third-order valence-corrected chi connectivity index (χ3v) is 5.81. The van der Waals surface area contributed by atoms with Gasteiger partial charge < -0.3 is 4.57 Å². The van der Waals surface area contributed by atoms with Crippen LogP contribution in [0.25, 0.3) is 5.69 Å². The second-order valence-electron chi connectivity index (χ2n) is 6.41. The molecule has 0 saturated heterocycles. The molecule has 132 valence electrons. The minimum atomic E-state index is -0.112. The number of carbonyl (C=O) groups excluding carboxylic acids is 1. The van der Waals surface area contributed by atoms with Crippen LogP contribution >= 0.6 is 11.3 Å². The lowest BCUT2D eigenvalue weighted by Crippen LogP contribution is -2.20. The maximum Gasteiger partial charge on any atom is 0.272 e. The van der Waals surface area contributed by atoms with Crippen molar-refractivity contribution in [3.63, 3.8) is 0 Å². The van der Waals surface area contributed by atoms with Gasteiger partial charge in [-0.25, -0.2) is 10.4 Å². The lowest BCUT2D eigenvalue weighted by atomic mass is 9.96. The Morgan fingerprint density at radius 2 is 2.04 bits per heavy atom. The first-order chi connectivity index (χ1) is 12.7. The van der Waals surface area contributed by atoms with Crippen molar-refractivity contribution in [1.82, 2.24) is 15.0 Å². The van der Waals surface area contributed by atoms with Crippen LogP contribution in [0.1, 0.15) is 46.1 Å². The van der Waals surface area contributed by atoms with Crippen LogP contribution in [-0.2, 0) is 12.8 Å². The molecule has 0 spiro atoms. The molecule has 1 aliphatic carbocycles. The van der Waals surface area contributed by atoms with Crippen molar-refractivity contribution in [3.05, 3.63) is 69.9 Å². The van der Waals surface area contributed by atoms with Crippen LogP contribution in [0.2, 0.25) is 0 Å². The molecular weight excluding hydrogens is 344 g/mol. The first-order valence-corrected chi connectivity index (χ1v) is 9.63. The number of aryl methyl sites for hydroxylation is 1. The number of carbonyl (C=O) groups is 1. The summed E-state index contributed by atoms with van der Waals surface area (Å²) in [6.45, 7) is 1.90. The Balaban J connectivity index is 1.46. The zero-order chi connectivity index (χ0) is 17.9. The van der Waals surface area contributed by atoms with Crippen molar-refractivity contribution in [2.24, 2.45) is 5.10 Å². The minimum absolute atomic E-state index is 0.112. The second-order valence-corrected chi connectivity index (χ2v) is 7.38. The SMILES string of the molecule is CC(=NNC(=O)c1csc2c1CCCC2)c1ccc(-n2ccnc2)cc1. The van der Waals surface area contributed by atoms with Gasteiger partial charge >= 0.3 is 0 Å². The molecule has 5 nitrogen and oxygen atoms in total. The van der Waals surface area contributed by atoms with E-state index in [1.54, 1.807) is 23.9 Å². The summed E-state index contributed by atoms with van der Waals surface area (Å²) in [5.74, 6) is -0.112. The fourth-order valence-corrected chi connectivity index (χ4v) is 4.36. The van der Waals surface area contributed by atoms with E-state index in [1.807, 2.05) is 47.3 Å². The highest BCUT2D eigenvalue weighted by Gasteiger charge is 2.19. The van der Waals surface area contributed by atoms with Crippen molar-refractivity contribution in [1.29, 1.82) is 0 Å². The second kappa shape index (κ2) is 7.25. The molecule has 1 amide bonds. The van der Waals surface area contributed by atoms with E-state index >= 15 is 0 Å². The number of thiophene rings is 1. The number of rotatable bonds is 4. The lowest BCUT2D eigenvalue weighted by molar-refractivity contribution is 0.0954. The Kier molecular flexibility index (Phi) is 4.67. The quantitative estimate of drug-likeness (QED) is 0.562. The molecule has 0 unspecified atom stereocenters. The number of benzene rings is 1. The Morgan fingerprint density at radius 1 is 1.23 bits per heavy atom. The predicted molar refractivity (Wildman–Crippen MR) is 104 cm³/mol. The summed E-state index contributed by atoms with van der Waals surface area (Å²) >= 11 is 1.69. The van der Waals surface area contributed by atoms with E-state index in [4.69, 9.17) is 0 Å². The van der Waals surface area contributed by atoms with Gasteiger partial charge in [-0.2, -0.15) is 5.10 Å². The van der Waals surface area contributed by atoms with E-state index in [2.05, 4.69) is 15.5 Å². The van der Waals surface area contributed by atoms with Gasteiger partial charge in [-0.3, -0.25) is 4.79 Å². The summed E-state index contributed by atoms with van der Waals surface area (Å²) < 4.78 is 1.94. The largest absolute Gasteiger partial charge is 0.306 e. The average molecular weight is 364 g/mol. The molecule has 0 fully saturated rings. The van der Waals surface area contributed by atoms with Crippen molar-refractivity contribution in [2.45, 2.75) is 32.6 Å². The third kappa shape index (κ3) is 3.32. The summed E-state index contributed by atoms with van der Waals surface area (Å²) in [6, 6.07) is 8.00. The van der Waals surface area contributed by atoms with Gasteiger partial charge in [0.15, 0.2) is 0 Å². The highest BCUT2D eigenvalue weighted by Crippen LogP contribution is 2.30. The molecule has 0 bridgehead atoms. The molecule has 26 heavy (non-hydrogen) atoms. The number of nitrogens with zero attached hydrogens (tertiary/aromatic N) is 3. The molecule has 0 radical (unpaired) electrons. The highest BCUT2D eigenvalue weighted by molar-refractivity contribution is 7.10. The van der Waals surface area contributed by atoms with Gasteiger partial charge in [-0.05, 0) is 55.9 Å². The smallest absolute Gasteiger partial charge is 0.272 e. The lowest BCUT2D eigenvalue weighted by Gasteiger charge is -2.12. The summed E-state index contributed by atoms with van der Waals surface area (Å²) in [5.41, 5.74) is 7.51. The maximum atomic E-state index is 12.5. The van der Waals surface area contributed by atoms with Gasteiger partial charge in [0.25, 0.3) is 5.91 Å². The monoisotopic (exact) mass is 364 g/mol. The van der Waals surface area contributed by atoms with Gasteiger partial charge in [0.05, 0.1) is 17.6 Å². The summed E-state index contributed by atoms with van der Waals surface area (Å²) in [7, 11) is 0. The zero-order valence-corrected chi connectivity index (χ0v) is 15.4. The average Bonchev–Trinajstić information content (AvgIpc) is 3.36. The summed E-state index contributed by atoms with van der Waals surface area (Å²) in [6.07, 6.45) is 9.89. The van der Waals surface area contributed by atoms with Gasteiger partial charge in [0.2, 0.25) is 0 Å². The van der Waals surface area contributed by atoms with Crippen molar-refractivity contribution in [3.8, 4) is 5.69 Å². The van der Waals surface area contributed by atoms with Crippen LogP contribution in [0.15, 0.2) is 53.5 Å². The number of hydrazone groups is 1. The van der Waals surface area contributed by atoms with Crippen LogP contribution in [0.5, 0.6) is 0 Å².